The molecule has 0 saturated carbocycles. The quantitative estimate of drug-likeness (QED) is 0.156. The Labute approximate surface area is 281 Å². The molecule has 2 aromatic heterocycles. The summed E-state index contributed by atoms with van der Waals surface area (Å²) in [5.74, 6) is 0. The van der Waals surface area contributed by atoms with E-state index in [0.717, 1.165) is 22.1 Å². The van der Waals surface area contributed by atoms with E-state index in [1.807, 2.05) is 60.7 Å². The van der Waals surface area contributed by atoms with Gasteiger partial charge in [0.25, 0.3) is 0 Å². The van der Waals surface area contributed by atoms with Gasteiger partial charge in [-0.2, -0.15) is 5.26 Å². The molecule has 2 unspecified atom stereocenters. The largest absolute Gasteiger partial charge is 0.255 e. The first-order chi connectivity index (χ1) is 22.0. The van der Waals surface area contributed by atoms with Gasteiger partial charge in [-0.05, 0) is 76.5 Å². The minimum atomic E-state index is -1.32. The van der Waals surface area contributed by atoms with E-state index in [9.17, 15) is 13.7 Å². The molecule has 2 atom stereocenters. The van der Waals surface area contributed by atoms with E-state index in [1.54, 1.807) is 24.6 Å². The highest BCUT2D eigenvalue weighted by Crippen LogP contribution is 2.37. The van der Waals surface area contributed by atoms with E-state index >= 15 is 0 Å². The minimum Gasteiger partial charge on any atom is -0.255 e. The molecule has 46 heavy (non-hydrogen) atoms. The van der Waals surface area contributed by atoms with Crippen molar-refractivity contribution >= 4 is 66.6 Å². The summed E-state index contributed by atoms with van der Waals surface area (Å²) in [6, 6.07) is 26.9. The molecule has 0 saturated heterocycles. The van der Waals surface area contributed by atoms with Gasteiger partial charge in [0.05, 0.1) is 49.6 Å². The van der Waals surface area contributed by atoms with Crippen LogP contribution in [0.2, 0.25) is 10.6 Å². The second kappa shape index (κ2) is 12.6. The Morgan fingerprint density at radius 2 is 1.41 bits per heavy atom. The Morgan fingerprint density at radius 3 is 2.13 bits per heavy atom. The number of para-hydroxylation sites is 1. The number of benzene rings is 4. The summed E-state index contributed by atoms with van der Waals surface area (Å²) in [5.41, 5.74) is 5.77. The Bertz CT molecular complexity index is 2290. The van der Waals surface area contributed by atoms with Gasteiger partial charge in [0.1, 0.15) is 6.07 Å². The van der Waals surface area contributed by atoms with E-state index in [1.165, 1.54) is 0 Å². The summed E-state index contributed by atoms with van der Waals surface area (Å²) in [6.45, 7) is 4.30. The number of fused-ring (bicyclic) bond motifs is 2. The van der Waals surface area contributed by atoms with Crippen molar-refractivity contribution in [2.24, 2.45) is 0 Å². The molecule has 2 heterocycles. The van der Waals surface area contributed by atoms with Gasteiger partial charge in [-0.3, -0.25) is 8.42 Å². The van der Waals surface area contributed by atoms with Gasteiger partial charge in [0, 0.05) is 44.2 Å². The van der Waals surface area contributed by atoms with Crippen LogP contribution in [0.25, 0.3) is 44.3 Å². The van der Waals surface area contributed by atoms with Gasteiger partial charge in [-0.25, -0.2) is 19.9 Å². The Morgan fingerprint density at radius 1 is 0.739 bits per heavy atom. The van der Waals surface area contributed by atoms with Gasteiger partial charge in [-0.15, -0.1) is 0 Å². The van der Waals surface area contributed by atoms with Crippen molar-refractivity contribution < 1.29 is 8.42 Å². The highest BCUT2D eigenvalue weighted by molar-refractivity contribution is 7.84. The lowest BCUT2D eigenvalue weighted by atomic mass is 9.78. The van der Waals surface area contributed by atoms with Crippen molar-refractivity contribution in [1.82, 2.24) is 19.9 Å². The molecular weight excluding hydrogens is 657 g/mol. The molecule has 6 aromatic rings. The monoisotopic (exact) mass is 683 g/mol. The summed E-state index contributed by atoms with van der Waals surface area (Å²) < 4.78 is 25.4. The molecule has 11 heteroatoms. The van der Waals surface area contributed by atoms with Crippen LogP contribution in [0.5, 0.6) is 0 Å². The van der Waals surface area contributed by atoms with Crippen molar-refractivity contribution in [3.63, 3.8) is 0 Å². The van der Waals surface area contributed by atoms with E-state index in [4.69, 9.17) is 23.2 Å². The summed E-state index contributed by atoms with van der Waals surface area (Å²) in [5, 5.41) is 11.2. The average Bonchev–Trinajstić information content (AvgIpc) is 3.03. The van der Waals surface area contributed by atoms with E-state index < -0.39 is 21.6 Å². The van der Waals surface area contributed by atoms with Crippen LogP contribution in [-0.2, 0) is 33.4 Å². The maximum atomic E-state index is 12.9. The van der Waals surface area contributed by atoms with Crippen LogP contribution >= 0.6 is 23.2 Å². The van der Waals surface area contributed by atoms with Gasteiger partial charge in [0.2, 0.25) is 10.6 Å². The molecular formula is C35H27Cl2N5O2S2. The summed E-state index contributed by atoms with van der Waals surface area (Å²) >= 11 is 12.8. The topological polar surface area (TPSA) is 109 Å². The van der Waals surface area contributed by atoms with Crippen LogP contribution in [0.15, 0.2) is 88.7 Å². The zero-order valence-corrected chi connectivity index (χ0v) is 28.5. The van der Waals surface area contributed by atoms with Crippen LogP contribution in [0.3, 0.4) is 0 Å². The molecule has 7 nitrogen and oxygen atoms in total. The number of hydrogen-bond acceptors (Lipinski definition) is 7. The van der Waals surface area contributed by atoms with Crippen molar-refractivity contribution in [2.45, 2.75) is 35.5 Å². The number of rotatable bonds is 7. The molecule has 0 N–H and O–H groups in total. The fraction of sp³-hybridized carbons (Fsp3) is 0.171. The van der Waals surface area contributed by atoms with E-state index in [0.29, 0.717) is 55.1 Å². The molecule has 0 amide bonds. The predicted molar refractivity (Wildman–Crippen MR) is 186 cm³/mol. The number of aromatic nitrogens is 4. The average molecular weight is 685 g/mol. The zero-order valence-electron chi connectivity index (χ0n) is 25.3. The van der Waals surface area contributed by atoms with Crippen molar-refractivity contribution in [3.05, 3.63) is 106 Å². The molecule has 0 spiro atoms. The minimum absolute atomic E-state index is 0.00718. The Balaban J connectivity index is 1.44. The maximum absolute atomic E-state index is 12.9. The van der Waals surface area contributed by atoms with Crippen molar-refractivity contribution in [1.29, 1.82) is 5.26 Å². The fourth-order valence-corrected chi connectivity index (χ4v) is 7.61. The lowest BCUT2D eigenvalue weighted by Crippen LogP contribution is -2.20. The maximum Gasteiger partial charge on any atom is 0.223 e. The van der Waals surface area contributed by atoms with Crippen LogP contribution in [0.1, 0.15) is 30.5 Å². The third-order valence-electron chi connectivity index (χ3n) is 7.98. The van der Waals surface area contributed by atoms with Gasteiger partial charge < -0.3 is 0 Å². The zero-order chi connectivity index (χ0) is 32.7. The number of hydrogen-bond donors (Lipinski definition) is 0. The van der Waals surface area contributed by atoms with Gasteiger partial charge in [0.15, 0.2) is 0 Å². The normalized spacial score (nSPS) is 13.1. The summed E-state index contributed by atoms with van der Waals surface area (Å²) in [4.78, 5) is 19.2. The summed E-state index contributed by atoms with van der Waals surface area (Å²) in [6.07, 6.45) is 3.90. The molecule has 6 rings (SSSR count). The molecule has 0 aliphatic heterocycles. The lowest BCUT2D eigenvalue weighted by Gasteiger charge is -2.26. The highest BCUT2D eigenvalue weighted by Gasteiger charge is 2.25. The van der Waals surface area contributed by atoms with E-state index in [2.05, 4.69) is 45.9 Å². The van der Waals surface area contributed by atoms with Gasteiger partial charge >= 0.3 is 0 Å². The molecule has 0 aliphatic rings. The second-order valence-corrected chi connectivity index (χ2v) is 14.9. The Hall–Kier alpha value is -4.07. The van der Waals surface area contributed by atoms with Gasteiger partial charge in [-0.1, -0.05) is 62.4 Å². The van der Waals surface area contributed by atoms with Crippen LogP contribution < -0.4 is 0 Å². The summed E-state index contributed by atoms with van der Waals surface area (Å²) in [7, 11) is -2.54. The van der Waals surface area contributed by atoms with Crippen molar-refractivity contribution in [2.75, 3.05) is 12.5 Å². The molecule has 4 aromatic carbocycles. The molecule has 230 valence electrons. The smallest absolute Gasteiger partial charge is 0.223 e. The standard InChI is InChI=1S/C35H27Cl2N5O2S2/c1-35(2,22-13-14-23-27(17-22)39-33(36)41-31(23)24-9-5-6-11-28(24)45(3)43)18-20-12-15-29(46(4)44)26(16-20)32-25-10-7-8-21(19-38)30(25)40-34(37)42-32/h5-17H,18H2,1-4H3. The van der Waals surface area contributed by atoms with Crippen LogP contribution in [-0.4, -0.2) is 40.9 Å². The molecule has 0 bridgehead atoms. The number of halogens is 2. The SMILES string of the molecule is CS(=O)c1ccccc1-c1nc(Cl)nc2cc(C(C)(C)Cc3ccc(S(C)=O)c(-c4nc(Cl)nc5c(C#N)cccc45)c3)ccc12. The first-order valence-electron chi connectivity index (χ1n) is 14.2. The first-order valence-corrected chi connectivity index (χ1v) is 18.1. The van der Waals surface area contributed by atoms with Crippen LogP contribution in [0, 0.1) is 11.3 Å². The fourth-order valence-electron chi connectivity index (χ4n) is 5.80. The number of nitrogens with zero attached hydrogens (tertiary/aromatic N) is 5. The van der Waals surface area contributed by atoms with Crippen molar-refractivity contribution in [3.8, 4) is 28.6 Å². The second-order valence-electron chi connectivity index (χ2n) is 11.5. The van der Waals surface area contributed by atoms with E-state index in [-0.39, 0.29) is 16.0 Å². The highest BCUT2D eigenvalue weighted by atomic mass is 35.5. The molecule has 0 aliphatic carbocycles. The third kappa shape index (κ3) is 6.06. The molecule has 0 radical (unpaired) electrons. The van der Waals surface area contributed by atoms with Crippen LogP contribution in [0.4, 0.5) is 0 Å². The lowest BCUT2D eigenvalue weighted by molar-refractivity contribution is 0.523. The Kier molecular flexibility index (Phi) is 8.75. The molecule has 0 fully saturated rings. The third-order valence-corrected chi connectivity index (χ3v) is 10.3. The predicted octanol–water partition coefficient (Wildman–Crippen LogP) is 8.08. The number of nitriles is 1. The first kappa shape index (κ1) is 31.9.